The Labute approximate surface area is 142 Å². The molecule has 1 fully saturated rings. The zero-order valence-corrected chi connectivity index (χ0v) is 14.1. The van der Waals surface area contributed by atoms with E-state index in [0.717, 1.165) is 30.1 Å². The van der Waals surface area contributed by atoms with E-state index in [9.17, 15) is 4.79 Å². The van der Waals surface area contributed by atoms with Crippen molar-refractivity contribution in [3.63, 3.8) is 0 Å². The normalized spacial score (nSPS) is 19.3. The van der Waals surface area contributed by atoms with Crippen molar-refractivity contribution in [2.45, 2.75) is 23.1 Å². The Bertz CT molecular complexity index is 632. The predicted molar refractivity (Wildman–Crippen MR) is 95.5 cm³/mol. The number of amides is 1. The lowest BCUT2D eigenvalue weighted by Gasteiger charge is -2.34. The van der Waals surface area contributed by atoms with Crippen LogP contribution in [0.5, 0.6) is 0 Å². The van der Waals surface area contributed by atoms with Gasteiger partial charge in [-0.3, -0.25) is 4.79 Å². The van der Waals surface area contributed by atoms with E-state index in [1.165, 1.54) is 0 Å². The fourth-order valence-electron chi connectivity index (χ4n) is 2.82. The van der Waals surface area contributed by atoms with Gasteiger partial charge in [-0.2, -0.15) is 0 Å². The summed E-state index contributed by atoms with van der Waals surface area (Å²) in [6, 6.07) is 20.6. The zero-order valence-electron chi connectivity index (χ0n) is 13.3. The maximum Gasteiger partial charge on any atom is 0.240 e. The van der Waals surface area contributed by atoms with Gasteiger partial charge in [0.25, 0.3) is 0 Å². The minimum absolute atomic E-state index is 0.191. The first-order valence-corrected chi connectivity index (χ1v) is 8.91. The Morgan fingerprint density at radius 2 is 1.78 bits per heavy atom. The second-order valence-corrected chi connectivity index (χ2v) is 7.04. The smallest absolute Gasteiger partial charge is 0.240 e. The van der Waals surface area contributed by atoms with Crippen molar-refractivity contribution in [2.24, 2.45) is 0 Å². The molecule has 3 nitrogen and oxygen atoms in total. The van der Waals surface area contributed by atoms with E-state index in [0.29, 0.717) is 6.04 Å². The minimum atomic E-state index is -0.191. The molecule has 0 spiro atoms. The molecule has 1 saturated heterocycles. The molecule has 3 rings (SSSR count). The third kappa shape index (κ3) is 4.15. The number of carbonyl (C=O) groups is 1. The number of nitrogens with one attached hydrogen (secondary N) is 1. The quantitative estimate of drug-likeness (QED) is 0.875. The number of rotatable bonds is 4. The average molecular weight is 326 g/mol. The summed E-state index contributed by atoms with van der Waals surface area (Å²) in [6.45, 7) is 4.55. The topological polar surface area (TPSA) is 32.3 Å². The molecule has 1 aliphatic rings. The summed E-state index contributed by atoms with van der Waals surface area (Å²) in [7, 11) is 0. The third-order valence-electron chi connectivity index (χ3n) is 4.00. The van der Waals surface area contributed by atoms with Crippen LogP contribution < -0.4 is 5.32 Å². The van der Waals surface area contributed by atoms with Crippen molar-refractivity contribution in [1.82, 2.24) is 10.2 Å². The van der Waals surface area contributed by atoms with E-state index < -0.39 is 0 Å². The van der Waals surface area contributed by atoms with Gasteiger partial charge in [-0.15, -0.1) is 11.8 Å². The maximum absolute atomic E-state index is 13.1. The van der Waals surface area contributed by atoms with Crippen molar-refractivity contribution in [1.29, 1.82) is 0 Å². The molecular weight excluding hydrogens is 304 g/mol. The highest BCUT2D eigenvalue weighted by molar-refractivity contribution is 8.00. The standard InChI is InChI=1S/C19H22N2OS/c1-15-14-21(13-12-20-15)19(22)18(16-8-4-2-5-9-16)23-17-10-6-3-7-11-17/h2-11,15,18,20H,12-14H2,1H3. The van der Waals surface area contributed by atoms with Gasteiger partial charge < -0.3 is 10.2 Å². The first-order valence-electron chi connectivity index (χ1n) is 8.03. The molecule has 1 N–H and O–H groups in total. The van der Waals surface area contributed by atoms with Gasteiger partial charge in [0.15, 0.2) is 0 Å². The number of benzene rings is 2. The maximum atomic E-state index is 13.1. The highest BCUT2D eigenvalue weighted by Gasteiger charge is 2.29. The average Bonchev–Trinajstić information content (AvgIpc) is 2.61. The first kappa shape index (κ1) is 16.1. The van der Waals surface area contributed by atoms with Crippen molar-refractivity contribution in [2.75, 3.05) is 19.6 Å². The minimum Gasteiger partial charge on any atom is -0.339 e. The van der Waals surface area contributed by atoms with Crippen molar-refractivity contribution in [3.8, 4) is 0 Å². The number of hydrogen-bond donors (Lipinski definition) is 1. The molecule has 0 aliphatic carbocycles. The van der Waals surface area contributed by atoms with Crippen molar-refractivity contribution >= 4 is 17.7 Å². The van der Waals surface area contributed by atoms with E-state index in [4.69, 9.17) is 0 Å². The van der Waals surface area contributed by atoms with Crippen molar-refractivity contribution in [3.05, 3.63) is 66.2 Å². The zero-order chi connectivity index (χ0) is 16.1. The van der Waals surface area contributed by atoms with Crippen LogP contribution in [0.4, 0.5) is 0 Å². The van der Waals surface area contributed by atoms with Crippen molar-refractivity contribution < 1.29 is 4.79 Å². The third-order valence-corrected chi connectivity index (χ3v) is 5.26. The van der Waals surface area contributed by atoms with Crippen LogP contribution in [0, 0.1) is 0 Å². The van der Waals surface area contributed by atoms with Gasteiger partial charge in [0.05, 0.1) is 0 Å². The van der Waals surface area contributed by atoms with Gasteiger partial charge in [0.1, 0.15) is 5.25 Å². The number of piperazine rings is 1. The van der Waals surface area contributed by atoms with Gasteiger partial charge in [-0.1, -0.05) is 48.5 Å². The Morgan fingerprint density at radius 1 is 1.13 bits per heavy atom. The van der Waals surface area contributed by atoms with Gasteiger partial charge in [0, 0.05) is 30.6 Å². The molecule has 0 saturated carbocycles. The molecular formula is C19H22N2OS. The molecule has 0 radical (unpaired) electrons. The summed E-state index contributed by atoms with van der Waals surface area (Å²) in [6.07, 6.45) is 0. The highest BCUT2D eigenvalue weighted by Crippen LogP contribution is 2.36. The Morgan fingerprint density at radius 3 is 2.43 bits per heavy atom. The van der Waals surface area contributed by atoms with Crippen LogP contribution in [0.3, 0.4) is 0 Å². The van der Waals surface area contributed by atoms with Crippen LogP contribution in [0.1, 0.15) is 17.7 Å². The molecule has 0 bridgehead atoms. The molecule has 1 heterocycles. The van der Waals surface area contributed by atoms with E-state index in [1.54, 1.807) is 11.8 Å². The summed E-state index contributed by atoms with van der Waals surface area (Å²) in [5.74, 6) is 0.207. The summed E-state index contributed by atoms with van der Waals surface area (Å²) >= 11 is 1.63. The molecule has 2 unspecified atom stereocenters. The van der Waals surface area contributed by atoms with Gasteiger partial charge in [0.2, 0.25) is 5.91 Å². The first-order chi connectivity index (χ1) is 11.2. The van der Waals surface area contributed by atoms with E-state index >= 15 is 0 Å². The Balaban J connectivity index is 1.84. The SMILES string of the molecule is CC1CN(C(=O)C(Sc2ccccc2)c2ccccc2)CCN1. The Kier molecular flexibility index (Phi) is 5.36. The summed E-state index contributed by atoms with van der Waals surface area (Å²) < 4.78 is 0. The summed E-state index contributed by atoms with van der Waals surface area (Å²) in [4.78, 5) is 16.2. The van der Waals surface area contributed by atoms with Crippen LogP contribution >= 0.6 is 11.8 Å². The monoisotopic (exact) mass is 326 g/mol. The molecule has 1 amide bonds. The second-order valence-electron chi connectivity index (χ2n) is 5.86. The largest absolute Gasteiger partial charge is 0.339 e. The van der Waals surface area contributed by atoms with E-state index in [1.807, 2.05) is 53.4 Å². The van der Waals surface area contributed by atoms with Crippen LogP contribution in [0.2, 0.25) is 0 Å². The second kappa shape index (κ2) is 7.66. The molecule has 23 heavy (non-hydrogen) atoms. The lowest BCUT2D eigenvalue weighted by atomic mass is 10.1. The van der Waals surface area contributed by atoms with Crippen LogP contribution in [-0.2, 0) is 4.79 Å². The van der Waals surface area contributed by atoms with Crippen LogP contribution in [0.25, 0.3) is 0 Å². The molecule has 2 aromatic carbocycles. The highest BCUT2D eigenvalue weighted by atomic mass is 32.2. The van der Waals surface area contributed by atoms with E-state index in [-0.39, 0.29) is 11.2 Å². The molecule has 0 aromatic heterocycles. The van der Waals surface area contributed by atoms with Crippen LogP contribution in [-0.4, -0.2) is 36.5 Å². The molecule has 2 atom stereocenters. The van der Waals surface area contributed by atoms with Crippen LogP contribution in [0.15, 0.2) is 65.6 Å². The predicted octanol–water partition coefficient (Wildman–Crippen LogP) is 3.34. The number of nitrogens with zero attached hydrogens (tertiary/aromatic N) is 1. The molecule has 1 aliphatic heterocycles. The number of carbonyl (C=O) groups excluding carboxylic acids is 1. The fourth-order valence-corrected chi connectivity index (χ4v) is 3.95. The number of thioether (sulfide) groups is 1. The lowest BCUT2D eigenvalue weighted by Crippen LogP contribution is -2.52. The van der Waals surface area contributed by atoms with Gasteiger partial charge in [-0.25, -0.2) is 0 Å². The lowest BCUT2D eigenvalue weighted by molar-refractivity contribution is -0.131. The number of hydrogen-bond acceptors (Lipinski definition) is 3. The van der Waals surface area contributed by atoms with Gasteiger partial charge in [-0.05, 0) is 24.6 Å². The van der Waals surface area contributed by atoms with E-state index in [2.05, 4.69) is 24.4 Å². The van der Waals surface area contributed by atoms with Gasteiger partial charge >= 0.3 is 0 Å². The summed E-state index contributed by atoms with van der Waals surface area (Å²) in [5.41, 5.74) is 1.07. The summed E-state index contributed by atoms with van der Waals surface area (Å²) in [5, 5.41) is 3.20. The molecule has 120 valence electrons. The Hall–Kier alpha value is -1.78. The molecule has 4 heteroatoms. The fraction of sp³-hybridized carbons (Fsp3) is 0.316. The molecule has 2 aromatic rings.